The van der Waals surface area contributed by atoms with Crippen molar-refractivity contribution in [3.8, 4) is 0 Å². The zero-order valence-corrected chi connectivity index (χ0v) is 18.5. The zero-order chi connectivity index (χ0) is 22.8. The summed E-state index contributed by atoms with van der Waals surface area (Å²) in [6, 6.07) is 8.52. The molecule has 0 unspecified atom stereocenters. The third-order valence-corrected chi connectivity index (χ3v) is 6.57. The van der Waals surface area contributed by atoms with Gasteiger partial charge in [0.2, 0.25) is 5.95 Å². The van der Waals surface area contributed by atoms with E-state index in [1.807, 2.05) is 6.07 Å². The predicted octanol–water partition coefficient (Wildman–Crippen LogP) is 3.53. The van der Waals surface area contributed by atoms with Crippen molar-refractivity contribution < 1.29 is 23.8 Å². The number of aromatic nitrogens is 2. The Hall–Kier alpha value is -3.04. The van der Waals surface area contributed by atoms with E-state index in [2.05, 4.69) is 15.6 Å². The number of nitrogens with one attached hydrogen (secondary N) is 2. The van der Waals surface area contributed by atoms with Gasteiger partial charge < -0.3 is 19.5 Å². The Morgan fingerprint density at radius 3 is 2.55 bits per heavy atom. The lowest BCUT2D eigenvalue weighted by Crippen LogP contribution is -2.38. The van der Waals surface area contributed by atoms with Gasteiger partial charge >= 0.3 is 6.09 Å². The van der Waals surface area contributed by atoms with Gasteiger partial charge in [-0.1, -0.05) is 12.8 Å². The Labute approximate surface area is 192 Å². The molecular formula is C24H28N4O5. The first-order chi connectivity index (χ1) is 16.1. The van der Waals surface area contributed by atoms with Crippen LogP contribution in [-0.2, 0) is 14.2 Å². The monoisotopic (exact) mass is 452 g/mol. The second kappa shape index (κ2) is 9.44. The number of benzene rings is 1. The number of rotatable bonds is 6. The number of ether oxygens (including phenoxy) is 3. The lowest BCUT2D eigenvalue weighted by molar-refractivity contribution is 0.00917. The van der Waals surface area contributed by atoms with E-state index in [-0.39, 0.29) is 30.6 Å². The highest BCUT2D eigenvalue weighted by Gasteiger charge is 2.49. The van der Waals surface area contributed by atoms with E-state index in [1.165, 1.54) is 32.6 Å². The van der Waals surface area contributed by atoms with Crippen LogP contribution in [0.2, 0.25) is 0 Å². The van der Waals surface area contributed by atoms with Gasteiger partial charge in [0, 0.05) is 29.1 Å². The first-order valence-electron chi connectivity index (χ1n) is 11.5. The third-order valence-electron chi connectivity index (χ3n) is 6.57. The fourth-order valence-corrected chi connectivity index (χ4v) is 4.82. The van der Waals surface area contributed by atoms with Crippen molar-refractivity contribution in [2.24, 2.45) is 0 Å². The summed E-state index contributed by atoms with van der Waals surface area (Å²) in [4.78, 5) is 32.8. The van der Waals surface area contributed by atoms with Gasteiger partial charge in [0.05, 0.1) is 19.3 Å². The molecule has 0 bridgehead atoms. The number of carbonyl (C=O) groups excluding carboxylic acids is 2. The summed E-state index contributed by atoms with van der Waals surface area (Å²) < 4.78 is 17.4. The number of fused-ring (bicyclic) bond motifs is 1. The van der Waals surface area contributed by atoms with Crippen LogP contribution in [0.5, 0.6) is 0 Å². The maximum atomic E-state index is 12.4. The summed E-state index contributed by atoms with van der Waals surface area (Å²) in [5.41, 5.74) is 2.21. The molecule has 174 valence electrons. The van der Waals surface area contributed by atoms with Gasteiger partial charge in [-0.2, -0.15) is 0 Å². The van der Waals surface area contributed by atoms with E-state index in [0.717, 1.165) is 5.69 Å². The number of Topliss-reactive ketones (excluding diaryl/α,β-unsaturated/α-hetero) is 1. The topological polar surface area (TPSA) is 112 Å². The molecular weight excluding hydrogens is 424 g/mol. The Balaban J connectivity index is 1.15. The average Bonchev–Trinajstić information content (AvgIpc) is 3.55. The molecule has 3 aliphatic rings. The van der Waals surface area contributed by atoms with Crippen molar-refractivity contribution in [3.63, 3.8) is 0 Å². The maximum Gasteiger partial charge on any atom is 0.412 e. The summed E-state index contributed by atoms with van der Waals surface area (Å²) in [7, 11) is 0. The molecule has 2 aromatic rings. The Morgan fingerprint density at radius 2 is 1.79 bits per heavy atom. The summed E-state index contributed by atoms with van der Waals surface area (Å²) in [5.74, 6) is 1.06. The standard InChI is InChI=1S/C24H28N4O5/c1-14(29)15-6-8-17(9-7-15)26-24(30)33-20-13-32-21-19(12-31-22(20)21)28-23-25-11-10-18(27-23)16-4-2-3-5-16/h6-11,16,19-22H,2-5,12-13H2,1H3,(H,26,30)(H,25,27,28)/t19-,20-,21-,22+/m0/s1. The van der Waals surface area contributed by atoms with Crippen LogP contribution in [0.4, 0.5) is 16.4 Å². The smallest absolute Gasteiger partial charge is 0.412 e. The minimum absolute atomic E-state index is 0.0320. The first kappa shape index (κ1) is 21.8. The molecule has 2 saturated heterocycles. The molecule has 33 heavy (non-hydrogen) atoms. The predicted molar refractivity (Wildman–Crippen MR) is 120 cm³/mol. The van der Waals surface area contributed by atoms with E-state index in [0.29, 0.717) is 29.7 Å². The zero-order valence-electron chi connectivity index (χ0n) is 18.5. The van der Waals surface area contributed by atoms with E-state index in [9.17, 15) is 9.59 Å². The van der Waals surface area contributed by atoms with Crippen LogP contribution in [0.15, 0.2) is 36.5 Å². The summed E-state index contributed by atoms with van der Waals surface area (Å²) in [6.07, 6.45) is 4.95. The van der Waals surface area contributed by atoms with Gasteiger partial charge in [-0.05, 0) is 50.1 Å². The first-order valence-corrected chi connectivity index (χ1v) is 11.5. The molecule has 1 aromatic heterocycles. The molecule has 2 aliphatic heterocycles. The van der Waals surface area contributed by atoms with Crippen molar-refractivity contribution in [2.75, 3.05) is 23.8 Å². The Kier molecular flexibility index (Phi) is 6.24. The second-order valence-corrected chi connectivity index (χ2v) is 8.84. The van der Waals surface area contributed by atoms with Crippen molar-refractivity contribution in [1.82, 2.24) is 9.97 Å². The normalized spacial score (nSPS) is 26.7. The van der Waals surface area contributed by atoms with E-state index >= 15 is 0 Å². The van der Waals surface area contributed by atoms with Crippen LogP contribution in [0.25, 0.3) is 0 Å². The van der Waals surface area contributed by atoms with Crippen LogP contribution >= 0.6 is 0 Å². The van der Waals surface area contributed by atoms with Crippen molar-refractivity contribution in [2.45, 2.75) is 62.9 Å². The molecule has 3 fully saturated rings. The van der Waals surface area contributed by atoms with E-state index < -0.39 is 12.2 Å². The molecule has 9 heteroatoms. The van der Waals surface area contributed by atoms with Gasteiger partial charge in [-0.15, -0.1) is 0 Å². The molecule has 0 spiro atoms. The van der Waals surface area contributed by atoms with E-state index in [1.54, 1.807) is 30.5 Å². The molecule has 1 saturated carbocycles. The van der Waals surface area contributed by atoms with Crippen LogP contribution in [0.3, 0.4) is 0 Å². The number of anilines is 2. The minimum atomic E-state index is -0.590. The average molecular weight is 453 g/mol. The fourth-order valence-electron chi connectivity index (χ4n) is 4.82. The number of ketones is 1. The van der Waals surface area contributed by atoms with Crippen molar-refractivity contribution >= 4 is 23.5 Å². The Morgan fingerprint density at radius 1 is 1.03 bits per heavy atom. The van der Waals surface area contributed by atoms with Crippen molar-refractivity contribution in [1.29, 1.82) is 0 Å². The van der Waals surface area contributed by atoms with Crippen molar-refractivity contribution in [3.05, 3.63) is 47.8 Å². The van der Waals surface area contributed by atoms with E-state index in [4.69, 9.17) is 19.2 Å². The number of hydrogen-bond acceptors (Lipinski definition) is 8. The molecule has 5 rings (SSSR count). The molecule has 4 atom stereocenters. The molecule has 1 aliphatic carbocycles. The van der Waals surface area contributed by atoms with Crippen LogP contribution in [-0.4, -0.2) is 59.4 Å². The summed E-state index contributed by atoms with van der Waals surface area (Å²) in [5, 5.41) is 6.03. The van der Waals surface area contributed by atoms with Gasteiger partial charge in [0.25, 0.3) is 0 Å². The number of nitrogens with zero attached hydrogens (tertiary/aromatic N) is 2. The third kappa shape index (κ3) is 4.84. The summed E-state index contributed by atoms with van der Waals surface area (Å²) in [6.45, 7) is 2.17. The summed E-state index contributed by atoms with van der Waals surface area (Å²) >= 11 is 0. The molecule has 3 heterocycles. The van der Waals surface area contributed by atoms with Gasteiger partial charge in [0.15, 0.2) is 11.9 Å². The van der Waals surface area contributed by atoms with Crippen LogP contribution in [0.1, 0.15) is 54.6 Å². The molecule has 1 aromatic carbocycles. The molecule has 1 amide bonds. The quantitative estimate of drug-likeness (QED) is 0.640. The maximum absolute atomic E-state index is 12.4. The lowest BCUT2D eigenvalue weighted by Gasteiger charge is -2.18. The fraction of sp³-hybridized carbons (Fsp3) is 0.500. The molecule has 0 radical (unpaired) electrons. The number of amides is 1. The van der Waals surface area contributed by atoms with Gasteiger partial charge in [0.1, 0.15) is 12.2 Å². The number of carbonyl (C=O) groups is 2. The second-order valence-electron chi connectivity index (χ2n) is 8.84. The van der Waals surface area contributed by atoms with Gasteiger partial charge in [-0.25, -0.2) is 14.8 Å². The molecule has 2 N–H and O–H groups in total. The highest BCUT2D eigenvalue weighted by molar-refractivity contribution is 5.94. The van der Waals surface area contributed by atoms with Crippen LogP contribution < -0.4 is 10.6 Å². The lowest BCUT2D eigenvalue weighted by atomic mass is 10.0. The Bertz CT molecular complexity index is 1010. The largest absolute Gasteiger partial charge is 0.441 e. The highest BCUT2D eigenvalue weighted by atomic mass is 16.6. The van der Waals surface area contributed by atoms with Crippen LogP contribution in [0, 0.1) is 0 Å². The number of hydrogen-bond donors (Lipinski definition) is 2. The van der Waals surface area contributed by atoms with Gasteiger partial charge in [-0.3, -0.25) is 10.1 Å². The SMILES string of the molecule is CC(=O)c1ccc(NC(=O)O[C@H]2CO[C@@H]3[C@@H]2OC[C@@H]3Nc2nccc(C3CCCC3)n2)cc1. The highest BCUT2D eigenvalue weighted by Crippen LogP contribution is 2.34. The minimum Gasteiger partial charge on any atom is -0.441 e. The molecule has 9 nitrogen and oxygen atoms in total.